The Bertz CT molecular complexity index is 477. The Morgan fingerprint density at radius 2 is 2.11 bits per heavy atom. The summed E-state index contributed by atoms with van der Waals surface area (Å²) < 4.78 is 12.9. The van der Waals surface area contributed by atoms with Gasteiger partial charge in [-0.1, -0.05) is 0 Å². The minimum absolute atomic E-state index is 0.00295. The van der Waals surface area contributed by atoms with Crippen LogP contribution in [0.15, 0.2) is 18.2 Å². The van der Waals surface area contributed by atoms with Crippen LogP contribution in [0.4, 0.5) is 14.9 Å². The molecule has 0 saturated heterocycles. The van der Waals surface area contributed by atoms with Crippen LogP contribution in [0.1, 0.15) is 25.3 Å². The van der Waals surface area contributed by atoms with Crippen LogP contribution >= 0.6 is 0 Å². The van der Waals surface area contributed by atoms with Crippen LogP contribution < -0.4 is 10.6 Å². The Morgan fingerprint density at radius 3 is 2.68 bits per heavy atom. The standard InChI is InChI=1S/C13H17FN2O3/c1-8-7-10(14)4-5-11(8)16-13(19)15-9(2)3-6-12(17)18/h4-5,7,9H,3,6H2,1-2H3,(H,17,18)(H2,15,16,19). The number of carboxylic acid groups (broad SMARTS) is 1. The summed E-state index contributed by atoms with van der Waals surface area (Å²) in [4.78, 5) is 22.0. The van der Waals surface area contributed by atoms with E-state index in [1.165, 1.54) is 18.2 Å². The number of hydrogen-bond acceptors (Lipinski definition) is 2. The fourth-order valence-corrected chi connectivity index (χ4v) is 1.56. The van der Waals surface area contributed by atoms with Gasteiger partial charge in [-0.05, 0) is 44.0 Å². The number of amides is 2. The summed E-state index contributed by atoms with van der Waals surface area (Å²) in [5.41, 5.74) is 1.14. The number of carbonyl (C=O) groups excluding carboxylic acids is 1. The molecule has 0 aliphatic heterocycles. The molecule has 1 aromatic rings. The number of rotatable bonds is 5. The molecule has 104 valence electrons. The zero-order valence-corrected chi connectivity index (χ0v) is 10.9. The summed E-state index contributed by atoms with van der Waals surface area (Å²) >= 11 is 0. The van der Waals surface area contributed by atoms with Crippen molar-refractivity contribution in [3.05, 3.63) is 29.6 Å². The lowest BCUT2D eigenvalue weighted by molar-refractivity contribution is -0.137. The number of benzene rings is 1. The molecule has 1 atom stereocenters. The number of nitrogens with one attached hydrogen (secondary N) is 2. The SMILES string of the molecule is Cc1cc(F)ccc1NC(=O)NC(C)CCC(=O)O. The molecule has 5 nitrogen and oxygen atoms in total. The molecular formula is C13H17FN2O3. The van der Waals surface area contributed by atoms with Crippen molar-refractivity contribution in [2.45, 2.75) is 32.7 Å². The van der Waals surface area contributed by atoms with Gasteiger partial charge in [0.15, 0.2) is 0 Å². The van der Waals surface area contributed by atoms with Gasteiger partial charge in [0.05, 0.1) is 0 Å². The van der Waals surface area contributed by atoms with Crippen LogP contribution in [-0.4, -0.2) is 23.1 Å². The molecule has 0 spiro atoms. The van der Waals surface area contributed by atoms with Crippen LogP contribution in [0.3, 0.4) is 0 Å². The van der Waals surface area contributed by atoms with E-state index < -0.39 is 12.0 Å². The number of hydrogen-bond donors (Lipinski definition) is 3. The highest BCUT2D eigenvalue weighted by Gasteiger charge is 2.10. The number of aliphatic carboxylic acids is 1. The van der Waals surface area contributed by atoms with Gasteiger partial charge in [0.2, 0.25) is 0 Å². The first-order chi connectivity index (χ1) is 8.88. The maximum Gasteiger partial charge on any atom is 0.319 e. The number of halogens is 1. The van der Waals surface area contributed by atoms with E-state index in [2.05, 4.69) is 10.6 Å². The summed E-state index contributed by atoms with van der Waals surface area (Å²) in [5.74, 6) is -1.26. The molecule has 1 aromatic carbocycles. The highest BCUT2D eigenvalue weighted by molar-refractivity contribution is 5.90. The van der Waals surface area contributed by atoms with Gasteiger partial charge in [-0.25, -0.2) is 9.18 Å². The summed E-state index contributed by atoms with van der Waals surface area (Å²) in [5, 5.41) is 13.7. The Hall–Kier alpha value is -2.11. The molecule has 19 heavy (non-hydrogen) atoms. The average molecular weight is 268 g/mol. The maximum absolute atomic E-state index is 12.9. The Kier molecular flexibility index (Phi) is 5.29. The van der Waals surface area contributed by atoms with Crippen molar-refractivity contribution in [2.75, 3.05) is 5.32 Å². The fourth-order valence-electron chi connectivity index (χ4n) is 1.56. The molecule has 6 heteroatoms. The fraction of sp³-hybridized carbons (Fsp3) is 0.385. The lowest BCUT2D eigenvalue weighted by atomic mass is 10.2. The Balaban J connectivity index is 2.48. The first kappa shape index (κ1) is 14.9. The molecule has 0 aromatic heterocycles. The zero-order chi connectivity index (χ0) is 14.4. The van der Waals surface area contributed by atoms with E-state index in [9.17, 15) is 14.0 Å². The third-order valence-corrected chi connectivity index (χ3v) is 2.61. The smallest absolute Gasteiger partial charge is 0.319 e. The third kappa shape index (κ3) is 5.37. The molecule has 0 saturated carbocycles. The molecule has 2 amide bonds. The monoisotopic (exact) mass is 268 g/mol. The lowest BCUT2D eigenvalue weighted by Gasteiger charge is -2.14. The van der Waals surface area contributed by atoms with E-state index >= 15 is 0 Å². The van der Waals surface area contributed by atoms with Crippen molar-refractivity contribution in [1.29, 1.82) is 0 Å². The second-order valence-corrected chi connectivity index (χ2v) is 4.39. The van der Waals surface area contributed by atoms with Gasteiger partial charge < -0.3 is 15.7 Å². The van der Waals surface area contributed by atoms with E-state index in [1.54, 1.807) is 13.8 Å². The molecule has 0 radical (unpaired) electrons. The minimum atomic E-state index is -0.900. The average Bonchev–Trinajstić information content (AvgIpc) is 2.30. The Labute approximate surface area is 110 Å². The van der Waals surface area contributed by atoms with Crippen LogP contribution in [0.2, 0.25) is 0 Å². The van der Waals surface area contributed by atoms with Crippen molar-refractivity contribution in [3.63, 3.8) is 0 Å². The van der Waals surface area contributed by atoms with Crippen LogP contribution in [0.5, 0.6) is 0 Å². The summed E-state index contributed by atoms with van der Waals surface area (Å²) in [6, 6.07) is 3.37. The molecule has 0 heterocycles. The molecule has 0 bridgehead atoms. The predicted octanol–water partition coefficient (Wildman–Crippen LogP) is 2.51. The van der Waals surface area contributed by atoms with Crippen LogP contribution in [0.25, 0.3) is 0 Å². The number of carbonyl (C=O) groups is 2. The molecule has 1 unspecified atom stereocenters. The van der Waals surface area contributed by atoms with E-state index in [0.717, 1.165) is 0 Å². The maximum atomic E-state index is 12.9. The van der Waals surface area contributed by atoms with E-state index in [0.29, 0.717) is 17.7 Å². The van der Waals surface area contributed by atoms with Crippen molar-refractivity contribution in [1.82, 2.24) is 5.32 Å². The molecule has 0 aliphatic carbocycles. The zero-order valence-electron chi connectivity index (χ0n) is 10.9. The van der Waals surface area contributed by atoms with Crippen molar-refractivity contribution < 1.29 is 19.1 Å². The first-order valence-corrected chi connectivity index (χ1v) is 5.94. The van der Waals surface area contributed by atoms with Gasteiger partial charge >= 0.3 is 12.0 Å². The van der Waals surface area contributed by atoms with Gasteiger partial charge in [-0.3, -0.25) is 4.79 Å². The quantitative estimate of drug-likeness (QED) is 0.767. The van der Waals surface area contributed by atoms with Crippen molar-refractivity contribution in [2.24, 2.45) is 0 Å². The minimum Gasteiger partial charge on any atom is -0.481 e. The van der Waals surface area contributed by atoms with Gasteiger partial charge in [0.1, 0.15) is 5.82 Å². The van der Waals surface area contributed by atoms with Gasteiger partial charge in [0.25, 0.3) is 0 Å². The molecular weight excluding hydrogens is 251 g/mol. The number of carboxylic acids is 1. The normalized spacial score (nSPS) is 11.7. The number of aryl methyl sites for hydroxylation is 1. The van der Waals surface area contributed by atoms with E-state index in [1.807, 2.05) is 0 Å². The van der Waals surface area contributed by atoms with E-state index in [-0.39, 0.29) is 18.3 Å². The number of anilines is 1. The van der Waals surface area contributed by atoms with Crippen LogP contribution in [0, 0.1) is 12.7 Å². The third-order valence-electron chi connectivity index (χ3n) is 2.61. The first-order valence-electron chi connectivity index (χ1n) is 5.94. The van der Waals surface area contributed by atoms with Crippen LogP contribution in [-0.2, 0) is 4.79 Å². The second-order valence-electron chi connectivity index (χ2n) is 4.39. The van der Waals surface area contributed by atoms with Crippen molar-refractivity contribution in [3.8, 4) is 0 Å². The topological polar surface area (TPSA) is 78.4 Å². The second kappa shape index (κ2) is 6.72. The molecule has 1 rings (SSSR count). The molecule has 3 N–H and O–H groups in total. The predicted molar refractivity (Wildman–Crippen MR) is 69.6 cm³/mol. The Morgan fingerprint density at radius 1 is 1.42 bits per heavy atom. The highest BCUT2D eigenvalue weighted by Crippen LogP contribution is 2.15. The highest BCUT2D eigenvalue weighted by atomic mass is 19.1. The van der Waals surface area contributed by atoms with Crippen molar-refractivity contribution >= 4 is 17.7 Å². The van der Waals surface area contributed by atoms with Gasteiger partial charge in [-0.2, -0.15) is 0 Å². The lowest BCUT2D eigenvalue weighted by Crippen LogP contribution is -2.36. The summed E-state index contributed by atoms with van der Waals surface area (Å²) in [7, 11) is 0. The van der Waals surface area contributed by atoms with Gasteiger partial charge in [0, 0.05) is 18.2 Å². The molecule has 0 fully saturated rings. The largest absolute Gasteiger partial charge is 0.481 e. The summed E-state index contributed by atoms with van der Waals surface area (Å²) in [6.45, 7) is 3.41. The summed E-state index contributed by atoms with van der Waals surface area (Å²) in [6.07, 6.45) is 0.349. The van der Waals surface area contributed by atoms with E-state index in [4.69, 9.17) is 5.11 Å². The number of urea groups is 1. The van der Waals surface area contributed by atoms with Gasteiger partial charge in [-0.15, -0.1) is 0 Å². The molecule has 0 aliphatic rings.